The highest BCUT2D eigenvalue weighted by Crippen LogP contribution is 2.38. The minimum absolute atomic E-state index is 0.197. The molecule has 1 aromatic rings. The maximum Gasteiger partial charge on any atom is 0.323 e. The maximum atomic E-state index is 12.9. The summed E-state index contributed by atoms with van der Waals surface area (Å²) in [6, 6.07) is 6.44. The average Bonchev–Trinajstić information content (AvgIpc) is 2.82. The van der Waals surface area contributed by atoms with E-state index < -0.39 is 42.5 Å². The summed E-state index contributed by atoms with van der Waals surface area (Å²) in [6.07, 6.45) is 2.82. The highest BCUT2D eigenvalue weighted by atomic mass is 32.2. The highest BCUT2D eigenvalue weighted by Gasteiger charge is 2.47. The van der Waals surface area contributed by atoms with Gasteiger partial charge in [-0.2, -0.15) is 11.8 Å². The zero-order valence-corrected chi connectivity index (χ0v) is 18.1. The molecule has 0 spiro atoms. The Hall–Kier alpha value is -2.30. The van der Waals surface area contributed by atoms with Crippen LogP contribution in [0.1, 0.15) is 25.7 Å². The van der Waals surface area contributed by atoms with Crippen molar-refractivity contribution in [3.05, 3.63) is 24.3 Å². The number of benzene rings is 1. The Labute approximate surface area is 185 Å². The molecular formula is C21H29N3O6S. The standard InChI is InChI=1S/C21H29N3O6S/c22-21(15(20(28)29)13-31-10-7-14-5-8-23-9-6-14)11-18(25)24(12-19(26)27)16-3-1-2-4-17(16)30-21/h1-4,14-15,23H,5-13,22H2,(H,26,27)(H,28,29)/t15-,21-/m0/s1. The second kappa shape index (κ2) is 10.3. The SMILES string of the molecule is N[C@@]1([C@@H](CSCCC2CCNCC2)C(=O)O)CC(=O)N(CC(=O)O)c2ccccc2O1. The van der Waals surface area contributed by atoms with Crippen molar-refractivity contribution in [3.8, 4) is 5.75 Å². The van der Waals surface area contributed by atoms with Gasteiger partial charge >= 0.3 is 11.9 Å². The molecule has 0 aliphatic carbocycles. The molecule has 2 aliphatic rings. The van der Waals surface area contributed by atoms with Gasteiger partial charge in [0, 0.05) is 5.75 Å². The number of piperidine rings is 1. The van der Waals surface area contributed by atoms with Crippen molar-refractivity contribution in [2.45, 2.75) is 31.4 Å². The number of anilines is 1. The van der Waals surface area contributed by atoms with Gasteiger partial charge in [-0.1, -0.05) is 12.1 Å². The van der Waals surface area contributed by atoms with E-state index in [4.69, 9.17) is 10.5 Å². The molecule has 1 aromatic carbocycles. The lowest BCUT2D eigenvalue weighted by Crippen LogP contribution is -2.57. The number of aliphatic carboxylic acids is 2. The lowest BCUT2D eigenvalue weighted by molar-refractivity contribution is -0.149. The molecule has 2 atom stereocenters. The summed E-state index contributed by atoms with van der Waals surface area (Å²) in [7, 11) is 0. The van der Waals surface area contributed by atoms with Crippen LogP contribution in [0.2, 0.25) is 0 Å². The van der Waals surface area contributed by atoms with Gasteiger partial charge in [0.05, 0.1) is 12.1 Å². The van der Waals surface area contributed by atoms with Crippen molar-refractivity contribution in [2.75, 3.05) is 36.0 Å². The van der Waals surface area contributed by atoms with Crippen LogP contribution in [0.3, 0.4) is 0 Å². The number of hydrogen-bond donors (Lipinski definition) is 4. The molecule has 0 saturated carbocycles. The van der Waals surface area contributed by atoms with Gasteiger partial charge in [0.1, 0.15) is 18.2 Å². The number of nitrogens with two attached hydrogens (primary N) is 1. The number of nitrogens with zero attached hydrogens (tertiary/aromatic N) is 1. The quantitative estimate of drug-likeness (QED) is 0.409. The second-order valence-corrected chi connectivity index (χ2v) is 9.17. The van der Waals surface area contributed by atoms with Crippen molar-refractivity contribution in [3.63, 3.8) is 0 Å². The number of thioether (sulfide) groups is 1. The largest absolute Gasteiger partial charge is 0.481 e. The first-order chi connectivity index (χ1) is 14.8. The number of carboxylic acid groups (broad SMARTS) is 2. The van der Waals surface area contributed by atoms with E-state index in [9.17, 15) is 24.6 Å². The molecule has 5 N–H and O–H groups in total. The van der Waals surface area contributed by atoms with E-state index in [0.717, 1.165) is 43.0 Å². The minimum Gasteiger partial charge on any atom is -0.481 e. The summed E-state index contributed by atoms with van der Waals surface area (Å²) in [5, 5.41) is 22.4. The molecule has 31 heavy (non-hydrogen) atoms. The van der Waals surface area contributed by atoms with E-state index >= 15 is 0 Å². The Morgan fingerprint density at radius 2 is 2.00 bits per heavy atom. The number of carbonyl (C=O) groups excluding carboxylic acids is 1. The van der Waals surface area contributed by atoms with Crippen LogP contribution >= 0.6 is 11.8 Å². The lowest BCUT2D eigenvalue weighted by atomic mass is 9.94. The van der Waals surface area contributed by atoms with Crippen LogP contribution in [-0.4, -0.2) is 64.9 Å². The number of para-hydroxylation sites is 2. The molecule has 3 rings (SSSR count). The Morgan fingerprint density at radius 1 is 1.29 bits per heavy atom. The van der Waals surface area contributed by atoms with E-state index in [1.165, 1.54) is 11.8 Å². The molecule has 0 radical (unpaired) electrons. The van der Waals surface area contributed by atoms with Crippen LogP contribution < -0.4 is 20.7 Å². The van der Waals surface area contributed by atoms with Crippen LogP contribution in [0.4, 0.5) is 5.69 Å². The van der Waals surface area contributed by atoms with Crippen LogP contribution in [0, 0.1) is 11.8 Å². The first-order valence-electron chi connectivity index (χ1n) is 10.4. The Morgan fingerprint density at radius 3 is 2.68 bits per heavy atom. The normalized spacial score (nSPS) is 22.9. The van der Waals surface area contributed by atoms with Gasteiger partial charge < -0.3 is 20.3 Å². The summed E-state index contributed by atoms with van der Waals surface area (Å²) in [5.74, 6) is -2.21. The number of ether oxygens (including phenoxy) is 1. The fraction of sp³-hybridized carbons (Fsp3) is 0.571. The van der Waals surface area contributed by atoms with E-state index in [-0.39, 0.29) is 17.2 Å². The molecule has 10 heteroatoms. The van der Waals surface area contributed by atoms with Crippen molar-refractivity contribution < 1.29 is 29.3 Å². The van der Waals surface area contributed by atoms with Gasteiger partial charge in [0.15, 0.2) is 5.72 Å². The number of hydrogen-bond acceptors (Lipinski definition) is 7. The van der Waals surface area contributed by atoms with Gasteiger partial charge in [0.25, 0.3) is 0 Å². The zero-order chi connectivity index (χ0) is 22.4. The topological polar surface area (TPSA) is 142 Å². The van der Waals surface area contributed by atoms with Crippen molar-refractivity contribution >= 4 is 35.3 Å². The monoisotopic (exact) mass is 451 g/mol. The number of fused-ring (bicyclic) bond motifs is 1. The van der Waals surface area contributed by atoms with Gasteiger partial charge in [-0.05, 0) is 56.2 Å². The van der Waals surface area contributed by atoms with Crippen LogP contribution in [0.5, 0.6) is 5.75 Å². The van der Waals surface area contributed by atoms with Gasteiger partial charge in [-0.3, -0.25) is 25.0 Å². The van der Waals surface area contributed by atoms with Crippen molar-refractivity contribution in [1.29, 1.82) is 0 Å². The summed E-state index contributed by atoms with van der Waals surface area (Å²) in [5.41, 5.74) is 4.89. The Kier molecular flexibility index (Phi) is 7.79. The van der Waals surface area contributed by atoms with Crippen molar-refractivity contribution in [2.24, 2.45) is 17.6 Å². The molecule has 0 bridgehead atoms. The third-order valence-electron chi connectivity index (χ3n) is 5.78. The fourth-order valence-electron chi connectivity index (χ4n) is 4.02. The zero-order valence-electron chi connectivity index (χ0n) is 17.3. The number of nitrogens with one attached hydrogen (secondary N) is 1. The second-order valence-electron chi connectivity index (χ2n) is 8.02. The minimum atomic E-state index is -1.78. The summed E-state index contributed by atoms with van der Waals surface area (Å²) >= 11 is 1.50. The van der Waals surface area contributed by atoms with E-state index in [0.29, 0.717) is 5.92 Å². The average molecular weight is 452 g/mol. The summed E-state index contributed by atoms with van der Waals surface area (Å²) in [6.45, 7) is 1.47. The lowest BCUT2D eigenvalue weighted by Gasteiger charge is -2.33. The Bertz CT molecular complexity index is 816. The molecule has 1 fully saturated rings. The number of carboxylic acids is 2. The molecule has 0 aromatic heterocycles. The van der Waals surface area contributed by atoms with Gasteiger partial charge in [0.2, 0.25) is 5.91 Å². The molecule has 1 amide bonds. The maximum absolute atomic E-state index is 12.9. The summed E-state index contributed by atoms with van der Waals surface area (Å²) in [4.78, 5) is 37.3. The Balaban J connectivity index is 1.73. The van der Waals surface area contributed by atoms with Crippen LogP contribution in [0.25, 0.3) is 0 Å². The van der Waals surface area contributed by atoms with Gasteiger partial charge in [-0.15, -0.1) is 0 Å². The van der Waals surface area contributed by atoms with Gasteiger partial charge in [-0.25, -0.2) is 0 Å². The van der Waals surface area contributed by atoms with E-state index in [1.807, 2.05) is 0 Å². The molecule has 2 aliphatic heterocycles. The van der Waals surface area contributed by atoms with Crippen molar-refractivity contribution in [1.82, 2.24) is 5.32 Å². The number of carbonyl (C=O) groups is 3. The van der Waals surface area contributed by atoms with Crippen LogP contribution in [-0.2, 0) is 14.4 Å². The number of rotatable bonds is 9. The molecular weight excluding hydrogens is 422 g/mol. The molecule has 9 nitrogen and oxygen atoms in total. The molecule has 170 valence electrons. The number of amides is 1. The molecule has 1 saturated heterocycles. The fourth-order valence-corrected chi connectivity index (χ4v) is 5.35. The van der Waals surface area contributed by atoms with E-state index in [2.05, 4.69) is 5.32 Å². The first kappa shape index (κ1) is 23.4. The molecule has 2 heterocycles. The van der Waals surface area contributed by atoms with E-state index in [1.54, 1.807) is 24.3 Å². The molecule has 0 unspecified atom stereocenters. The summed E-state index contributed by atoms with van der Waals surface area (Å²) < 4.78 is 5.92. The predicted molar refractivity (Wildman–Crippen MR) is 117 cm³/mol. The predicted octanol–water partition coefficient (Wildman–Crippen LogP) is 1.37. The van der Waals surface area contributed by atoms with Crippen LogP contribution in [0.15, 0.2) is 24.3 Å². The highest BCUT2D eigenvalue weighted by molar-refractivity contribution is 7.99. The smallest absolute Gasteiger partial charge is 0.323 e. The first-order valence-corrected chi connectivity index (χ1v) is 11.6. The third kappa shape index (κ3) is 5.90. The third-order valence-corrected chi connectivity index (χ3v) is 6.87.